The Kier molecular flexibility index (Phi) is 8.86. The van der Waals surface area contributed by atoms with Crippen LogP contribution in [0.25, 0.3) is 10.4 Å². The van der Waals surface area contributed by atoms with E-state index in [0.717, 1.165) is 23.5 Å². The number of carbonyl (C=O) groups excluding carboxylic acids is 2. The molecule has 2 rings (SSSR count). The SMILES string of the molecule is CCOC(=O)c1cc(-c2ccccc2)sc1NC(=O)C[NH+](CC(C)C)CC(C)C. The van der Waals surface area contributed by atoms with Gasteiger partial charge in [-0.3, -0.25) is 4.79 Å². The highest BCUT2D eigenvalue weighted by molar-refractivity contribution is 7.20. The lowest BCUT2D eigenvalue weighted by Crippen LogP contribution is -3.14. The third-order valence-electron chi connectivity index (χ3n) is 4.34. The molecule has 0 fully saturated rings. The number of carbonyl (C=O) groups is 2. The second-order valence-electron chi connectivity index (χ2n) is 8.11. The number of hydrogen-bond donors (Lipinski definition) is 2. The summed E-state index contributed by atoms with van der Waals surface area (Å²) in [6.45, 7) is 13.0. The lowest BCUT2D eigenvalue weighted by Gasteiger charge is -2.22. The molecule has 0 bridgehead atoms. The molecule has 2 aromatic rings. The molecular formula is C23H33N2O3S+. The van der Waals surface area contributed by atoms with Gasteiger partial charge in [0.25, 0.3) is 5.91 Å². The van der Waals surface area contributed by atoms with E-state index in [2.05, 4.69) is 33.0 Å². The summed E-state index contributed by atoms with van der Waals surface area (Å²) in [5, 5.41) is 3.53. The Hall–Kier alpha value is -2.18. The highest BCUT2D eigenvalue weighted by Crippen LogP contribution is 2.35. The van der Waals surface area contributed by atoms with E-state index in [1.165, 1.54) is 16.2 Å². The average molecular weight is 418 g/mol. The molecule has 0 aliphatic rings. The minimum absolute atomic E-state index is 0.0756. The molecule has 0 saturated heterocycles. The van der Waals surface area contributed by atoms with E-state index in [4.69, 9.17) is 4.74 Å². The number of thiophene rings is 1. The van der Waals surface area contributed by atoms with E-state index in [0.29, 0.717) is 35.6 Å². The van der Waals surface area contributed by atoms with Gasteiger partial charge in [-0.05, 0) is 18.6 Å². The first-order valence-corrected chi connectivity index (χ1v) is 11.1. The molecule has 0 atom stereocenters. The first-order valence-electron chi connectivity index (χ1n) is 10.3. The van der Waals surface area contributed by atoms with Gasteiger partial charge >= 0.3 is 5.97 Å². The number of hydrogen-bond acceptors (Lipinski definition) is 4. The molecule has 2 N–H and O–H groups in total. The standard InChI is InChI=1S/C23H32N2O3S/c1-6-28-23(27)19-12-20(18-10-8-7-9-11-18)29-22(19)24-21(26)15-25(13-16(2)3)14-17(4)5/h7-12,16-17H,6,13-15H2,1-5H3,(H,24,26)/p+1. The Morgan fingerprint density at radius 2 is 1.69 bits per heavy atom. The van der Waals surface area contributed by atoms with Crippen LogP contribution in [0, 0.1) is 11.8 Å². The largest absolute Gasteiger partial charge is 0.462 e. The predicted molar refractivity (Wildman–Crippen MR) is 120 cm³/mol. The van der Waals surface area contributed by atoms with Gasteiger partial charge in [-0.2, -0.15) is 0 Å². The van der Waals surface area contributed by atoms with Gasteiger partial charge < -0.3 is 15.0 Å². The second kappa shape index (κ2) is 11.1. The van der Waals surface area contributed by atoms with Crippen molar-refractivity contribution in [3.05, 3.63) is 42.0 Å². The lowest BCUT2D eigenvalue weighted by molar-refractivity contribution is -0.897. The summed E-state index contributed by atoms with van der Waals surface area (Å²) in [5.74, 6) is 0.541. The molecule has 0 saturated carbocycles. The summed E-state index contributed by atoms with van der Waals surface area (Å²) in [6, 6.07) is 11.6. The second-order valence-corrected chi connectivity index (χ2v) is 9.16. The Morgan fingerprint density at radius 3 is 2.24 bits per heavy atom. The van der Waals surface area contributed by atoms with Crippen LogP contribution < -0.4 is 10.2 Å². The van der Waals surface area contributed by atoms with Crippen LogP contribution in [0.1, 0.15) is 45.0 Å². The lowest BCUT2D eigenvalue weighted by atomic mass is 10.1. The highest BCUT2D eigenvalue weighted by atomic mass is 32.1. The zero-order valence-electron chi connectivity index (χ0n) is 18.1. The molecule has 0 aliphatic heterocycles. The maximum Gasteiger partial charge on any atom is 0.341 e. The Bertz CT molecular complexity index is 790. The molecular weight excluding hydrogens is 384 g/mol. The Morgan fingerprint density at radius 1 is 1.07 bits per heavy atom. The van der Waals surface area contributed by atoms with E-state index in [9.17, 15) is 9.59 Å². The molecule has 1 amide bonds. The summed E-state index contributed by atoms with van der Waals surface area (Å²) in [6.07, 6.45) is 0. The molecule has 158 valence electrons. The van der Waals surface area contributed by atoms with Crippen LogP contribution in [-0.2, 0) is 9.53 Å². The maximum atomic E-state index is 12.8. The predicted octanol–water partition coefficient (Wildman–Crippen LogP) is 3.73. The van der Waals surface area contributed by atoms with Gasteiger partial charge in [-0.1, -0.05) is 58.0 Å². The number of anilines is 1. The molecule has 0 radical (unpaired) electrons. The summed E-state index contributed by atoms with van der Waals surface area (Å²) in [5.41, 5.74) is 1.42. The van der Waals surface area contributed by atoms with Gasteiger partial charge in [-0.15, -0.1) is 11.3 Å². The third kappa shape index (κ3) is 7.29. The summed E-state index contributed by atoms with van der Waals surface area (Å²) in [7, 11) is 0. The first kappa shape index (κ1) is 23.1. The normalized spacial score (nSPS) is 11.3. The monoisotopic (exact) mass is 417 g/mol. The summed E-state index contributed by atoms with van der Waals surface area (Å²) in [4.78, 5) is 27.4. The molecule has 1 heterocycles. The van der Waals surface area contributed by atoms with Gasteiger partial charge in [0, 0.05) is 16.7 Å². The van der Waals surface area contributed by atoms with Crippen molar-refractivity contribution < 1.29 is 19.2 Å². The fourth-order valence-electron chi connectivity index (χ4n) is 3.37. The summed E-state index contributed by atoms with van der Waals surface area (Å²) < 4.78 is 5.20. The third-order valence-corrected chi connectivity index (χ3v) is 5.44. The quantitative estimate of drug-likeness (QED) is 0.579. The smallest absolute Gasteiger partial charge is 0.341 e. The van der Waals surface area contributed by atoms with Crippen molar-refractivity contribution in [2.75, 3.05) is 31.6 Å². The van der Waals surface area contributed by atoms with Gasteiger partial charge in [0.15, 0.2) is 6.54 Å². The molecule has 5 nitrogen and oxygen atoms in total. The van der Waals surface area contributed by atoms with Crippen molar-refractivity contribution in [2.24, 2.45) is 11.8 Å². The molecule has 1 aromatic carbocycles. The number of esters is 1. The van der Waals surface area contributed by atoms with Crippen LogP contribution >= 0.6 is 11.3 Å². The van der Waals surface area contributed by atoms with Crippen LogP contribution in [0.15, 0.2) is 36.4 Å². The fourth-order valence-corrected chi connectivity index (χ4v) is 4.44. The number of quaternary nitrogens is 1. The van der Waals surface area contributed by atoms with Crippen molar-refractivity contribution >= 4 is 28.2 Å². The minimum Gasteiger partial charge on any atom is -0.462 e. The van der Waals surface area contributed by atoms with Crippen molar-refractivity contribution in [2.45, 2.75) is 34.6 Å². The number of ether oxygens (including phenoxy) is 1. The van der Waals surface area contributed by atoms with Crippen LogP contribution in [0.3, 0.4) is 0 Å². The zero-order chi connectivity index (χ0) is 21.4. The van der Waals surface area contributed by atoms with Gasteiger partial charge in [0.2, 0.25) is 0 Å². The van der Waals surface area contributed by atoms with E-state index < -0.39 is 5.97 Å². The van der Waals surface area contributed by atoms with Gasteiger partial charge in [0.1, 0.15) is 5.00 Å². The fraction of sp³-hybridized carbons (Fsp3) is 0.478. The number of rotatable bonds is 10. The van der Waals surface area contributed by atoms with E-state index in [-0.39, 0.29) is 5.91 Å². The maximum absolute atomic E-state index is 12.8. The molecule has 0 aliphatic carbocycles. The van der Waals surface area contributed by atoms with Crippen molar-refractivity contribution in [1.29, 1.82) is 0 Å². The van der Waals surface area contributed by atoms with Crippen LogP contribution in [-0.4, -0.2) is 38.1 Å². The highest BCUT2D eigenvalue weighted by Gasteiger charge is 2.22. The molecule has 0 unspecified atom stereocenters. The zero-order valence-corrected chi connectivity index (χ0v) is 18.9. The molecule has 1 aromatic heterocycles. The van der Waals surface area contributed by atoms with Crippen LogP contribution in [0.2, 0.25) is 0 Å². The van der Waals surface area contributed by atoms with Crippen LogP contribution in [0.5, 0.6) is 0 Å². The summed E-state index contributed by atoms with van der Waals surface area (Å²) >= 11 is 1.41. The number of amides is 1. The van der Waals surface area contributed by atoms with E-state index >= 15 is 0 Å². The van der Waals surface area contributed by atoms with Crippen molar-refractivity contribution in [3.63, 3.8) is 0 Å². The topological polar surface area (TPSA) is 59.8 Å². The number of nitrogens with one attached hydrogen (secondary N) is 2. The average Bonchev–Trinajstić information content (AvgIpc) is 3.05. The first-order chi connectivity index (χ1) is 13.8. The van der Waals surface area contributed by atoms with Crippen molar-refractivity contribution in [1.82, 2.24) is 0 Å². The minimum atomic E-state index is -0.408. The van der Waals surface area contributed by atoms with E-state index in [1.54, 1.807) is 13.0 Å². The van der Waals surface area contributed by atoms with E-state index in [1.807, 2.05) is 30.3 Å². The Labute approximate surface area is 178 Å². The number of benzene rings is 1. The molecule has 29 heavy (non-hydrogen) atoms. The Balaban J connectivity index is 2.21. The van der Waals surface area contributed by atoms with Gasteiger partial charge in [-0.25, -0.2) is 4.79 Å². The van der Waals surface area contributed by atoms with Gasteiger partial charge in [0.05, 0.1) is 25.3 Å². The molecule has 6 heteroatoms. The molecule has 0 spiro atoms. The van der Waals surface area contributed by atoms with Crippen molar-refractivity contribution in [3.8, 4) is 10.4 Å². The van der Waals surface area contributed by atoms with Crippen LogP contribution in [0.4, 0.5) is 5.00 Å².